The summed E-state index contributed by atoms with van der Waals surface area (Å²) in [6.07, 6.45) is 0. The summed E-state index contributed by atoms with van der Waals surface area (Å²) in [7, 11) is 1.52. The lowest BCUT2D eigenvalue weighted by Crippen LogP contribution is -2.63. The van der Waals surface area contributed by atoms with E-state index in [0.717, 1.165) is 0 Å². The first kappa shape index (κ1) is 13.5. The van der Waals surface area contributed by atoms with Crippen LogP contribution in [0.25, 0.3) is 0 Å². The molecule has 0 saturated carbocycles. The number of rotatable bonds is 1. The number of piperazine rings is 1. The lowest BCUT2D eigenvalue weighted by atomic mass is 10.1. The molecule has 1 heterocycles. The highest BCUT2D eigenvalue weighted by Gasteiger charge is 2.37. The van der Waals surface area contributed by atoms with Gasteiger partial charge in [-0.1, -0.05) is 0 Å². The van der Waals surface area contributed by atoms with E-state index in [-0.39, 0.29) is 30.3 Å². The van der Waals surface area contributed by atoms with E-state index in [1.54, 1.807) is 4.90 Å². The van der Waals surface area contributed by atoms with Gasteiger partial charge in [0.2, 0.25) is 17.7 Å². The highest BCUT2D eigenvalue weighted by Crippen LogP contribution is 2.16. The molecule has 1 N–H and O–H groups in total. The summed E-state index contributed by atoms with van der Waals surface area (Å²) in [5, 5.41) is 2.52. The fraction of sp³-hybridized carbons (Fsp3) is 0.727. The summed E-state index contributed by atoms with van der Waals surface area (Å²) in [6.45, 7) is 5.44. The second kappa shape index (κ2) is 5.16. The van der Waals surface area contributed by atoms with Gasteiger partial charge in [-0.25, -0.2) is 0 Å². The zero-order valence-corrected chi connectivity index (χ0v) is 10.7. The van der Waals surface area contributed by atoms with Crippen LogP contribution in [0.2, 0.25) is 0 Å². The van der Waals surface area contributed by atoms with Gasteiger partial charge in [0.25, 0.3) is 0 Å². The van der Waals surface area contributed by atoms with Crippen LogP contribution in [0.15, 0.2) is 0 Å². The van der Waals surface area contributed by atoms with Crippen LogP contribution in [-0.4, -0.2) is 59.7 Å². The summed E-state index contributed by atoms with van der Waals surface area (Å²) in [6, 6.07) is -0.644. The van der Waals surface area contributed by atoms with Gasteiger partial charge in [0.05, 0.1) is 6.54 Å². The van der Waals surface area contributed by atoms with Gasteiger partial charge < -0.3 is 15.1 Å². The Labute approximate surface area is 101 Å². The van der Waals surface area contributed by atoms with Crippen LogP contribution in [0.1, 0.15) is 20.8 Å². The van der Waals surface area contributed by atoms with Crippen molar-refractivity contribution in [1.29, 1.82) is 0 Å². The zero-order valence-electron chi connectivity index (χ0n) is 10.7. The van der Waals surface area contributed by atoms with Gasteiger partial charge in [-0.2, -0.15) is 0 Å². The number of nitrogens with zero attached hydrogens (tertiary/aromatic N) is 2. The Morgan fingerprint density at radius 3 is 2.00 bits per heavy atom. The molecule has 17 heavy (non-hydrogen) atoms. The van der Waals surface area contributed by atoms with E-state index >= 15 is 0 Å². The van der Waals surface area contributed by atoms with E-state index in [9.17, 15) is 14.4 Å². The average Bonchev–Trinajstić information content (AvgIpc) is 2.26. The second-order valence-electron chi connectivity index (χ2n) is 4.32. The Kier molecular flexibility index (Phi) is 4.09. The molecule has 0 radical (unpaired) electrons. The molecule has 6 heteroatoms. The summed E-state index contributed by atoms with van der Waals surface area (Å²) < 4.78 is 0. The Bertz CT molecular complexity index is 343. The SMILES string of the molecule is CNC(=O)[C@@H]1CN(C(C)=O)[C@H](C)CN1C(C)=O. The molecule has 1 rings (SSSR count). The van der Waals surface area contributed by atoms with Crippen molar-refractivity contribution in [3.05, 3.63) is 0 Å². The smallest absolute Gasteiger partial charge is 0.244 e. The first-order valence-corrected chi connectivity index (χ1v) is 5.64. The molecule has 6 nitrogen and oxygen atoms in total. The molecule has 0 aromatic carbocycles. The Hall–Kier alpha value is -1.59. The number of hydrogen-bond acceptors (Lipinski definition) is 3. The van der Waals surface area contributed by atoms with Crippen molar-refractivity contribution in [3.63, 3.8) is 0 Å². The fourth-order valence-electron chi connectivity index (χ4n) is 2.15. The minimum atomic E-state index is -0.586. The standard InChI is InChI=1S/C11H19N3O3/c1-7-5-14(9(3)16)10(11(17)12-4)6-13(7)8(2)15/h7,10H,5-6H2,1-4H3,(H,12,17)/t7-,10+/m1/s1. The fourth-order valence-corrected chi connectivity index (χ4v) is 2.15. The van der Waals surface area contributed by atoms with Crippen molar-refractivity contribution < 1.29 is 14.4 Å². The molecule has 1 saturated heterocycles. The maximum Gasteiger partial charge on any atom is 0.244 e. The molecule has 0 unspecified atom stereocenters. The molecule has 0 aromatic rings. The van der Waals surface area contributed by atoms with Crippen LogP contribution in [0.4, 0.5) is 0 Å². The summed E-state index contributed by atoms with van der Waals surface area (Å²) >= 11 is 0. The predicted octanol–water partition coefficient (Wildman–Crippen LogP) is -0.800. The van der Waals surface area contributed by atoms with Crippen molar-refractivity contribution in [1.82, 2.24) is 15.1 Å². The van der Waals surface area contributed by atoms with E-state index in [1.165, 1.54) is 25.8 Å². The molecule has 0 aromatic heterocycles. The van der Waals surface area contributed by atoms with E-state index in [4.69, 9.17) is 0 Å². The third kappa shape index (κ3) is 2.75. The van der Waals surface area contributed by atoms with E-state index in [1.807, 2.05) is 6.92 Å². The number of likely N-dealkylation sites (N-methyl/N-ethyl adjacent to an activating group) is 1. The van der Waals surface area contributed by atoms with Crippen LogP contribution in [0, 0.1) is 0 Å². The predicted molar refractivity (Wildman–Crippen MR) is 62.1 cm³/mol. The van der Waals surface area contributed by atoms with Gasteiger partial charge in [0, 0.05) is 33.5 Å². The van der Waals surface area contributed by atoms with Crippen molar-refractivity contribution >= 4 is 17.7 Å². The van der Waals surface area contributed by atoms with Crippen LogP contribution in [-0.2, 0) is 14.4 Å². The maximum absolute atomic E-state index is 11.7. The first-order chi connectivity index (χ1) is 7.88. The quantitative estimate of drug-likeness (QED) is 0.653. The van der Waals surface area contributed by atoms with Gasteiger partial charge in [-0.05, 0) is 6.92 Å². The monoisotopic (exact) mass is 241 g/mol. The average molecular weight is 241 g/mol. The Morgan fingerprint density at radius 2 is 1.59 bits per heavy atom. The summed E-state index contributed by atoms with van der Waals surface area (Å²) in [4.78, 5) is 37.8. The summed E-state index contributed by atoms with van der Waals surface area (Å²) in [5.41, 5.74) is 0. The molecule has 0 bridgehead atoms. The molecular weight excluding hydrogens is 222 g/mol. The molecule has 1 aliphatic heterocycles. The van der Waals surface area contributed by atoms with Gasteiger partial charge in [0.15, 0.2) is 0 Å². The highest BCUT2D eigenvalue weighted by atomic mass is 16.2. The zero-order chi connectivity index (χ0) is 13.2. The van der Waals surface area contributed by atoms with Crippen molar-refractivity contribution in [2.45, 2.75) is 32.9 Å². The number of carbonyl (C=O) groups excluding carboxylic acids is 3. The molecule has 0 aliphatic carbocycles. The normalized spacial score (nSPS) is 24.5. The van der Waals surface area contributed by atoms with E-state index in [0.29, 0.717) is 6.54 Å². The molecule has 0 spiro atoms. The number of hydrogen-bond donors (Lipinski definition) is 1. The van der Waals surface area contributed by atoms with Crippen molar-refractivity contribution in [2.24, 2.45) is 0 Å². The lowest BCUT2D eigenvalue weighted by Gasteiger charge is -2.43. The van der Waals surface area contributed by atoms with E-state index in [2.05, 4.69) is 5.32 Å². The highest BCUT2D eigenvalue weighted by molar-refractivity contribution is 5.88. The Balaban J connectivity index is 2.92. The van der Waals surface area contributed by atoms with Crippen molar-refractivity contribution in [3.8, 4) is 0 Å². The number of nitrogens with one attached hydrogen (secondary N) is 1. The third-order valence-electron chi connectivity index (χ3n) is 3.10. The lowest BCUT2D eigenvalue weighted by molar-refractivity contribution is -0.149. The third-order valence-corrected chi connectivity index (χ3v) is 3.10. The van der Waals surface area contributed by atoms with Crippen LogP contribution >= 0.6 is 0 Å². The van der Waals surface area contributed by atoms with Crippen molar-refractivity contribution in [2.75, 3.05) is 20.1 Å². The molecule has 2 atom stereocenters. The molecule has 3 amide bonds. The minimum Gasteiger partial charge on any atom is -0.357 e. The van der Waals surface area contributed by atoms with Gasteiger partial charge in [0.1, 0.15) is 6.04 Å². The Morgan fingerprint density at radius 1 is 1.06 bits per heavy atom. The van der Waals surface area contributed by atoms with Gasteiger partial charge in [-0.3, -0.25) is 14.4 Å². The number of carbonyl (C=O) groups is 3. The largest absolute Gasteiger partial charge is 0.357 e. The molecule has 1 aliphatic rings. The molecule has 96 valence electrons. The first-order valence-electron chi connectivity index (χ1n) is 5.64. The van der Waals surface area contributed by atoms with Gasteiger partial charge >= 0.3 is 0 Å². The van der Waals surface area contributed by atoms with E-state index < -0.39 is 6.04 Å². The maximum atomic E-state index is 11.7. The van der Waals surface area contributed by atoms with Crippen LogP contribution in [0.3, 0.4) is 0 Å². The molecule has 1 fully saturated rings. The van der Waals surface area contributed by atoms with Crippen LogP contribution in [0.5, 0.6) is 0 Å². The summed E-state index contributed by atoms with van der Waals surface area (Å²) in [5.74, 6) is -0.457. The minimum absolute atomic E-state index is 0.0580. The second-order valence-corrected chi connectivity index (χ2v) is 4.32. The van der Waals surface area contributed by atoms with Crippen LogP contribution < -0.4 is 5.32 Å². The number of amides is 3. The topological polar surface area (TPSA) is 69.7 Å². The van der Waals surface area contributed by atoms with Gasteiger partial charge in [-0.15, -0.1) is 0 Å². The molecular formula is C11H19N3O3.